The second-order valence-electron chi connectivity index (χ2n) is 4.15. The van der Waals surface area contributed by atoms with E-state index in [0.717, 1.165) is 6.07 Å². The van der Waals surface area contributed by atoms with E-state index in [1.165, 1.54) is 12.1 Å². The van der Waals surface area contributed by atoms with Crippen LogP contribution < -0.4 is 5.73 Å². The lowest BCUT2D eigenvalue weighted by molar-refractivity contribution is -0.183. The molecule has 0 aromatic heterocycles. The van der Waals surface area contributed by atoms with Crippen molar-refractivity contribution >= 4 is 0 Å². The summed E-state index contributed by atoms with van der Waals surface area (Å²) >= 11 is 0. The van der Waals surface area contributed by atoms with Crippen molar-refractivity contribution in [1.29, 1.82) is 0 Å². The van der Waals surface area contributed by atoms with E-state index >= 15 is 0 Å². The monoisotopic (exact) mass is 233 g/mol. The number of halogens is 4. The first kappa shape index (κ1) is 11.4. The van der Waals surface area contributed by atoms with Crippen LogP contribution >= 0.6 is 0 Å². The topological polar surface area (TPSA) is 26.0 Å². The van der Waals surface area contributed by atoms with Crippen molar-refractivity contribution in [1.82, 2.24) is 0 Å². The Kier molecular flexibility index (Phi) is 2.45. The van der Waals surface area contributed by atoms with Crippen molar-refractivity contribution in [2.24, 2.45) is 5.73 Å². The van der Waals surface area contributed by atoms with E-state index in [2.05, 4.69) is 0 Å². The normalized spacial score (nSPS) is 20.6. The highest BCUT2D eigenvalue weighted by molar-refractivity contribution is 5.39. The van der Waals surface area contributed by atoms with E-state index in [-0.39, 0.29) is 11.1 Å². The predicted molar refractivity (Wildman–Crippen MR) is 51.4 cm³/mol. The lowest BCUT2D eigenvalue weighted by Crippen LogP contribution is -2.25. The molecule has 0 spiro atoms. The van der Waals surface area contributed by atoms with Gasteiger partial charge < -0.3 is 5.73 Å². The van der Waals surface area contributed by atoms with Crippen LogP contribution in [0.15, 0.2) is 24.3 Å². The summed E-state index contributed by atoms with van der Waals surface area (Å²) in [7, 11) is 0. The molecule has 1 fully saturated rings. The van der Waals surface area contributed by atoms with Gasteiger partial charge in [-0.25, -0.2) is 4.39 Å². The lowest BCUT2D eigenvalue weighted by Gasteiger charge is -2.19. The molecule has 1 saturated carbocycles. The fraction of sp³-hybridized carbons (Fsp3) is 0.455. The number of benzene rings is 1. The molecule has 0 saturated heterocycles. The Labute approximate surface area is 90.3 Å². The molecule has 16 heavy (non-hydrogen) atoms. The summed E-state index contributed by atoms with van der Waals surface area (Å²) in [5, 5.41) is 0. The quantitative estimate of drug-likeness (QED) is 0.780. The van der Waals surface area contributed by atoms with Crippen molar-refractivity contribution in [3.63, 3.8) is 0 Å². The van der Waals surface area contributed by atoms with Crippen LogP contribution in [0.25, 0.3) is 0 Å². The summed E-state index contributed by atoms with van der Waals surface area (Å²) < 4.78 is 50.2. The van der Waals surface area contributed by atoms with Crippen molar-refractivity contribution in [2.75, 3.05) is 0 Å². The Morgan fingerprint density at radius 3 is 2.25 bits per heavy atom. The fourth-order valence-corrected chi connectivity index (χ4v) is 1.75. The molecule has 0 amide bonds. The van der Waals surface area contributed by atoms with E-state index in [1.54, 1.807) is 6.07 Å². The Morgan fingerprint density at radius 2 is 1.75 bits per heavy atom. The van der Waals surface area contributed by atoms with E-state index < -0.39 is 17.9 Å². The minimum atomic E-state index is -4.87. The smallest absolute Gasteiger partial charge is 0.321 e. The number of alkyl halides is 4. The third-order valence-corrected chi connectivity index (χ3v) is 2.85. The van der Waals surface area contributed by atoms with Gasteiger partial charge in [0.15, 0.2) is 0 Å². The zero-order chi connectivity index (χ0) is 12.0. The molecule has 2 N–H and O–H groups in total. The maximum Gasteiger partial charge on any atom is 0.423 e. The largest absolute Gasteiger partial charge is 0.423 e. The first-order valence-corrected chi connectivity index (χ1v) is 4.94. The van der Waals surface area contributed by atoms with Crippen molar-refractivity contribution in [3.05, 3.63) is 35.4 Å². The molecule has 1 aliphatic carbocycles. The molecule has 0 heterocycles. The van der Waals surface area contributed by atoms with Crippen LogP contribution in [0.1, 0.15) is 30.1 Å². The summed E-state index contributed by atoms with van der Waals surface area (Å²) in [5.41, 5.74) is 4.98. The van der Waals surface area contributed by atoms with Gasteiger partial charge >= 0.3 is 6.18 Å². The predicted octanol–water partition coefficient (Wildman–Crippen LogP) is 3.21. The third kappa shape index (κ3) is 1.91. The molecule has 0 aliphatic heterocycles. The molecular formula is C11H11F4N. The molecule has 1 atom stereocenters. The first-order valence-electron chi connectivity index (χ1n) is 4.94. The van der Waals surface area contributed by atoms with Crippen molar-refractivity contribution in [3.8, 4) is 0 Å². The Balaban J connectivity index is 2.41. The minimum absolute atomic E-state index is 0.278. The molecule has 1 nitrogen and oxygen atoms in total. The Hall–Kier alpha value is -1.10. The molecule has 1 unspecified atom stereocenters. The zero-order valence-corrected chi connectivity index (χ0v) is 8.39. The highest BCUT2D eigenvalue weighted by Gasteiger charge is 2.47. The van der Waals surface area contributed by atoms with Gasteiger partial charge in [0.2, 0.25) is 6.17 Å². The van der Waals surface area contributed by atoms with Crippen LogP contribution in [0.4, 0.5) is 17.6 Å². The van der Waals surface area contributed by atoms with Gasteiger partial charge in [-0.2, -0.15) is 13.2 Å². The molecule has 2 rings (SSSR count). The maximum atomic E-state index is 13.3. The van der Waals surface area contributed by atoms with Crippen molar-refractivity contribution < 1.29 is 17.6 Å². The van der Waals surface area contributed by atoms with E-state index in [0.29, 0.717) is 12.8 Å². The second kappa shape index (κ2) is 3.45. The van der Waals surface area contributed by atoms with Gasteiger partial charge in [-0.15, -0.1) is 0 Å². The third-order valence-electron chi connectivity index (χ3n) is 2.85. The highest BCUT2D eigenvalue weighted by Crippen LogP contribution is 2.48. The van der Waals surface area contributed by atoms with Gasteiger partial charge in [-0.3, -0.25) is 0 Å². The van der Waals surface area contributed by atoms with Gasteiger partial charge in [-0.1, -0.05) is 24.3 Å². The summed E-state index contributed by atoms with van der Waals surface area (Å²) in [6.45, 7) is 0. The van der Waals surface area contributed by atoms with Crippen LogP contribution in [0, 0.1) is 0 Å². The maximum absolute atomic E-state index is 13.3. The van der Waals surface area contributed by atoms with Crippen molar-refractivity contribution in [2.45, 2.75) is 30.7 Å². The van der Waals surface area contributed by atoms with Crippen LogP contribution in [0.3, 0.4) is 0 Å². The molecule has 1 aromatic rings. The molecule has 1 aromatic carbocycles. The van der Waals surface area contributed by atoms with E-state index in [9.17, 15) is 17.6 Å². The van der Waals surface area contributed by atoms with Gasteiger partial charge in [0.25, 0.3) is 0 Å². The first-order chi connectivity index (χ1) is 7.34. The minimum Gasteiger partial charge on any atom is -0.321 e. The molecule has 88 valence electrons. The molecule has 1 aliphatic rings. The van der Waals surface area contributed by atoms with Crippen LogP contribution in [-0.2, 0) is 5.54 Å². The molecule has 0 radical (unpaired) electrons. The number of nitrogens with two attached hydrogens (primary N) is 1. The highest BCUT2D eigenvalue weighted by atomic mass is 19.4. The molecule has 5 heteroatoms. The summed E-state index contributed by atoms with van der Waals surface area (Å²) in [6, 6.07) is 5.60. The average Bonchev–Trinajstić information content (AvgIpc) is 2.95. The van der Waals surface area contributed by atoms with E-state index in [1.807, 2.05) is 0 Å². The fourth-order valence-electron chi connectivity index (χ4n) is 1.75. The summed E-state index contributed by atoms with van der Waals surface area (Å²) in [5.74, 6) is 0. The Bertz CT molecular complexity index is 395. The number of hydrogen-bond donors (Lipinski definition) is 1. The average molecular weight is 233 g/mol. The lowest BCUT2D eigenvalue weighted by atomic mass is 9.96. The Morgan fingerprint density at radius 1 is 1.19 bits per heavy atom. The zero-order valence-electron chi connectivity index (χ0n) is 8.39. The van der Waals surface area contributed by atoms with Crippen LogP contribution in [0.2, 0.25) is 0 Å². The van der Waals surface area contributed by atoms with E-state index in [4.69, 9.17) is 5.73 Å². The summed E-state index contributed by atoms with van der Waals surface area (Å²) in [4.78, 5) is 0. The standard InChI is InChI=1S/C11H11F4N/c12-9(11(13,14)15)7-3-1-2-4-8(7)10(16)5-6-10/h1-4,9H,5-6,16H2. The van der Waals surface area contributed by atoms with Gasteiger partial charge in [0, 0.05) is 11.1 Å². The number of rotatable bonds is 2. The molecular weight excluding hydrogens is 222 g/mol. The number of hydrogen-bond acceptors (Lipinski definition) is 1. The SMILES string of the molecule is NC1(c2ccccc2C(F)C(F)(F)F)CC1. The second-order valence-corrected chi connectivity index (χ2v) is 4.15. The van der Waals surface area contributed by atoms with Gasteiger partial charge in [0.1, 0.15) is 0 Å². The van der Waals surface area contributed by atoms with Gasteiger partial charge in [-0.05, 0) is 18.4 Å². The summed E-state index contributed by atoms with van der Waals surface area (Å²) in [6.07, 6.45) is -6.62. The van der Waals surface area contributed by atoms with Gasteiger partial charge in [0.05, 0.1) is 0 Å². The molecule has 0 bridgehead atoms. The van der Waals surface area contributed by atoms with Crippen LogP contribution in [-0.4, -0.2) is 6.18 Å². The van der Waals surface area contributed by atoms with Crippen LogP contribution in [0.5, 0.6) is 0 Å².